The molecule has 1 unspecified atom stereocenters. The Morgan fingerprint density at radius 1 is 0.976 bits per heavy atom. The number of benzene rings is 3. The van der Waals surface area contributed by atoms with E-state index in [9.17, 15) is 19.6 Å². The molecule has 0 spiro atoms. The highest BCUT2D eigenvalue weighted by molar-refractivity contribution is 8.00. The summed E-state index contributed by atoms with van der Waals surface area (Å²) in [4.78, 5) is 44.2. The summed E-state index contributed by atoms with van der Waals surface area (Å²) in [6.07, 6.45) is -0.0541. The second kappa shape index (κ2) is 11.7. The van der Waals surface area contributed by atoms with Gasteiger partial charge in [-0.2, -0.15) is 5.26 Å². The minimum atomic E-state index is -0.778. The van der Waals surface area contributed by atoms with E-state index in [-0.39, 0.29) is 12.3 Å². The van der Waals surface area contributed by atoms with Gasteiger partial charge in [-0.3, -0.25) is 9.59 Å². The zero-order valence-corrected chi connectivity index (χ0v) is 23.4. The monoisotopic (exact) mass is 563 g/mol. The molecule has 3 aromatic carbocycles. The molecular weight excluding hydrogens is 538 g/mol. The van der Waals surface area contributed by atoms with Gasteiger partial charge in [-0.25, -0.2) is 14.7 Å². The fourth-order valence-corrected chi connectivity index (χ4v) is 5.68. The van der Waals surface area contributed by atoms with Crippen LogP contribution in [0.1, 0.15) is 27.9 Å². The summed E-state index contributed by atoms with van der Waals surface area (Å²) in [6, 6.07) is 25.5. The predicted octanol–water partition coefficient (Wildman–Crippen LogP) is 5.82. The lowest BCUT2D eigenvalue weighted by Gasteiger charge is -2.16. The molecule has 9 heteroatoms. The van der Waals surface area contributed by atoms with Crippen LogP contribution in [0, 0.1) is 18.3 Å². The number of imide groups is 1. The Balaban J connectivity index is 1.53. The van der Waals surface area contributed by atoms with E-state index in [1.54, 1.807) is 7.11 Å². The minimum absolute atomic E-state index is 0.0541. The molecule has 8 nitrogen and oxygen atoms in total. The van der Waals surface area contributed by atoms with E-state index in [4.69, 9.17) is 14.5 Å². The lowest BCUT2D eigenvalue weighted by molar-refractivity contribution is -0.121. The van der Waals surface area contributed by atoms with Crippen molar-refractivity contribution in [3.63, 3.8) is 0 Å². The zero-order valence-electron chi connectivity index (χ0n) is 22.6. The molecule has 0 bridgehead atoms. The van der Waals surface area contributed by atoms with E-state index in [0.29, 0.717) is 38.8 Å². The number of anilines is 1. The molecule has 2 amide bonds. The number of nitriles is 1. The summed E-state index contributed by atoms with van der Waals surface area (Å²) in [5.74, 6) is -0.601. The van der Waals surface area contributed by atoms with Gasteiger partial charge in [0.2, 0.25) is 11.8 Å². The number of esters is 1. The Kier molecular flexibility index (Phi) is 7.86. The van der Waals surface area contributed by atoms with Crippen LogP contribution in [-0.4, -0.2) is 42.2 Å². The van der Waals surface area contributed by atoms with Crippen LogP contribution in [0.4, 0.5) is 5.69 Å². The molecule has 0 N–H and O–H groups in total. The van der Waals surface area contributed by atoms with Crippen molar-refractivity contribution in [1.82, 2.24) is 4.98 Å². The number of ether oxygens (including phenoxy) is 2. The second-order valence-electron chi connectivity index (χ2n) is 9.36. The number of amides is 2. The van der Waals surface area contributed by atoms with Crippen LogP contribution in [0.5, 0.6) is 5.75 Å². The molecule has 1 fully saturated rings. The number of methoxy groups -OCH3 is 2. The van der Waals surface area contributed by atoms with Gasteiger partial charge in [0, 0.05) is 17.5 Å². The lowest BCUT2D eigenvalue weighted by Crippen LogP contribution is -2.31. The molecule has 4 aromatic rings. The summed E-state index contributed by atoms with van der Waals surface area (Å²) in [7, 11) is 2.87. The molecule has 1 aromatic heterocycles. The van der Waals surface area contributed by atoms with Crippen LogP contribution >= 0.6 is 11.8 Å². The average Bonchev–Trinajstić information content (AvgIpc) is 3.28. The highest BCUT2D eigenvalue weighted by Crippen LogP contribution is 2.39. The molecule has 204 valence electrons. The number of hydrogen-bond donors (Lipinski definition) is 0. The largest absolute Gasteiger partial charge is 0.497 e. The summed E-state index contributed by atoms with van der Waals surface area (Å²) < 4.78 is 10.0. The molecule has 1 atom stereocenters. The maximum Gasteiger partial charge on any atom is 0.337 e. The zero-order chi connectivity index (χ0) is 29.1. The third-order valence-electron chi connectivity index (χ3n) is 6.75. The maximum atomic E-state index is 13.5. The Morgan fingerprint density at radius 3 is 2.24 bits per heavy atom. The van der Waals surface area contributed by atoms with Gasteiger partial charge in [-0.15, -0.1) is 0 Å². The Hall–Kier alpha value is -4.94. The van der Waals surface area contributed by atoms with Crippen molar-refractivity contribution in [2.24, 2.45) is 0 Å². The second-order valence-corrected chi connectivity index (χ2v) is 10.5. The van der Waals surface area contributed by atoms with Crippen molar-refractivity contribution in [3.8, 4) is 34.2 Å². The fourth-order valence-electron chi connectivity index (χ4n) is 4.55. The van der Waals surface area contributed by atoms with Gasteiger partial charge in [0.1, 0.15) is 16.8 Å². The van der Waals surface area contributed by atoms with Crippen LogP contribution in [0.3, 0.4) is 0 Å². The first-order valence-electron chi connectivity index (χ1n) is 12.7. The first kappa shape index (κ1) is 27.6. The third kappa shape index (κ3) is 5.55. The highest BCUT2D eigenvalue weighted by Gasteiger charge is 2.41. The van der Waals surface area contributed by atoms with Crippen molar-refractivity contribution < 1.29 is 23.9 Å². The van der Waals surface area contributed by atoms with Gasteiger partial charge in [-0.05, 0) is 67.1 Å². The number of carbonyl (C=O) groups is 3. The van der Waals surface area contributed by atoms with Crippen molar-refractivity contribution in [2.75, 3.05) is 19.1 Å². The quantitative estimate of drug-likeness (QED) is 0.205. The molecule has 5 rings (SSSR count). The number of thioether (sulfide) groups is 1. The van der Waals surface area contributed by atoms with Crippen molar-refractivity contribution in [2.45, 2.75) is 23.6 Å². The average molecular weight is 564 g/mol. The van der Waals surface area contributed by atoms with Crippen molar-refractivity contribution in [1.29, 1.82) is 5.26 Å². The standard InChI is InChI=1S/C32H25N3O5S/c1-19-4-6-20(7-5-19)25-16-27(21-10-14-24(39-2)15-11-21)34-30(26(25)18-33)41-28-17-29(36)35(31(28)37)23-12-8-22(9-13-23)32(38)40-3/h4-16,28H,17H2,1-3H3. The molecule has 2 heterocycles. The summed E-state index contributed by atoms with van der Waals surface area (Å²) >= 11 is 1.11. The molecule has 1 saturated heterocycles. The molecular formula is C32H25N3O5S. The lowest BCUT2D eigenvalue weighted by atomic mass is 9.98. The van der Waals surface area contributed by atoms with E-state index < -0.39 is 17.1 Å². The Morgan fingerprint density at radius 2 is 1.63 bits per heavy atom. The molecule has 0 radical (unpaired) electrons. The van der Waals surface area contributed by atoms with E-state index in [2.05, 4.69) is 6.07 Å². The number of aromatic nitrogens is 1. The first-order valence-corrected chi connectivity index (χ1v) is 13.6. The van der Waals surface area contributed by atoms with E-state index in [0.717, 1.165) is 33.4 Å². The SMILES string of the molecule is COC(=O)c1ccc(N2C(=O)CC(Sc3nc(-c4ccc(OC)cc4)cc(-c4ccc(C)cc4)c3C#N)C2=O)cc1. The summed E-state index contributed by atoms with van der Waals surface area (Å²) in [5, 5.41) is 9.83. The minimum Gasteiger partial charge on any atom is -0.497 e. The predicted molar refractivity (Wildman–Crippen MR) is 156 cm³/mol. The van der Waals surface area contributed by atoms with Gasteiger partial charge in [-0.1, -0.05) is 41.6 Å². The summed E-state index contributed by atoms with van der Waals surface area (Å²) in [5.41, 5.74) is 5.04. The third-order valence-corrected chi connectivity index (χ3v) is 7.92. The van der Waals surface area contributed by atoms with Gasteiger partial charge in [0.25, 0.3) is 0 Å². The number of carbonyl (C=O) groups excluding carboxylic acids is 3. The summed E-state index contributed by atoms with van der Waals surface area (Å²) in [6.45, 7) is 1.99. The van der Waals surface area contributed by atoms with Crippen LogP contribution in [0.2, 0.25) is 0 Å². The van der Waals surface area contributed by atoms with Gasteiger partial charge < -0.3 is 9.47 Å². The van der Waals surface area contributed by atoms with E-state index in [1.165, 1.54) is 31.4 Å². The molecule has 1 aliphatic rings. The number of hydrogen-bond acceptors (Lipinski definition) is 8. The Bertz CT molecular complexity index is 1680. The highest BCUT2D eigenvalue weighted by atomic mass is 32.2. The molecule has 0 aliphatic carbocycles. The Labute approximate surface area is 241 Å². The number of nitrogens with zero attached hydrogens (tertiary/aromatic N) is 3. The van der Waals surface area contributed by atoms with Gasteiger partial charge in [0.15, 0.2) is 0 Å². The van der Waals surface area contributed by atoms with E-state index in [1.807, 2.05) is 61.5 Å². The molecule has 41 heavy (non-hydrogen) atoms. The van der Waals surface area contributed by atoms with Crippen LogP contribution in [-0.2, 0) is 14.3 Å². The first-order chi connectivity index (χ1) is 19.8. The van der Waals surface area contributed by atoms with Gasteiger partial charge in [0.05, 0.1) is 42.0 Å². The van der Waals surface area contributed by atoms with Crippen LogP contribution in [0.15, 0.2) is 83.9 Å². The number of aryl methyl sites for hydroxylation is 1. The number of rotatable bonds is 7. The maximum absolute atomic E-state index is 13.5. The van der Waals surface area contributed by atoms with E-state index >= 15 is 0 Å². The fraction of sp³-hybridized carbons (Fsp3) is 0.156. The van der Waals surface area contributed by atoms with Crippen LogP contribution < -0.4 is 9.64 Å². The molecule has 0 saturated carbocycles. The van der Waals surface area contributed by atoms with Gasteiger partial charge >= 0.3 is 5.97 Å². The normalized spacial score (nSPS) is 14.6. The van der Waals surface area contributed by atoms with Crippen molar-refractivity contribution in [3.05, 3.63) is 95.6 Å². The molecule has 1 aliphatic heterocycles. The topological polar surface area (TPSA) is 110 Å². The van der Waals surface area contributed by atoms with Crippen molar-refractivity contribution >= 4 is 35.2 Å². The van der Waals surface area contributed by atoms with Crippen LogP contribution in [0.25, 0.3) is 22.4 Å². The smallest absolute Gasteiger partial charge is 0.337 e. The number of pyridine rings is 1.